The van der Waals surface area contributed by atoms with Gasteiger partial charge in [0.05, 0.1) is 12.6 Å². The maximum absolute atomic E-state index is 12.0. The van der Waals surface area contributed by atoms with E-state index in [2.05, 4.69) is 47.8 Å². The van der Waals surface area contributed by atoms with Gasteiger partial charge in [0.15, 0.2) is 6.61 Å². The topological polar surface area (TPSA) is 26.3 Å². The molecule has 1 aromatic heterocycles. The Morgan fingerprint density at radius 3 is 2.58 bits per heavy atom. The van der Waals surface area contributed by atoms with Crippen LogP contribution in [0.3, 0.4) is 0 Å². The first-order chi connectivity index (χ1) is 8.97. The molecule has 100 valence electrons. The van der Waals surface area contributed by atoms with Gasteiger partial charge in [-0.1, -0.05) is 27.5 Å². The van der Waals surface area contributed by atoms with Crippen molar-refractivity contribution in [3.05, 3.63) is 46.9 Å². The van der Waals surface area contributed by atoms with Gasteiger partial charge in [-0.25, -0.2) is 0 Å². The molecule has 0 aliphatic carbocycles. The van der Waals surface area contributed by atoms with Crippen LogP contribution in [0, 0.1) is 0 Å². The number of thiophene rings is 1. The molecule has 0 fully saturated rings. The summed E-state index contributed by atoms with van der Waals surface area (Å²) in [5, 5.41) is 0.465. The van der Waals surface area contributed by atoms with E-state index in [-0.39, 0.29) is 12.4 Å². The van der Waals surface area contributed by atoms with Crippen LogP contribution in [0.25, 0.3) is 0 Å². The van der Waals surface area contributed by atoms with Crippen LogP contribution < -0.4 is 4.74 Å². The van der Waals surface area contributed by atoms with Crippen molar-refractivity contribution in [1.82, 2.24) is 0 Å². The lowest BCUT2D eigenvalue weighted by Crippen LogP contribution is -2.11. The molecule has 0 saturated carbocycles. The Kier molecular flexibility index (Phi) is 5.48. The average molecular weight is 489 g/mol. The number of carbonyl (C=O) groups is 1. The summed E-state index contributed by atoms with van der Waals surface area (Å²) in [5.74, 6) is 0.386. The van der Waals surface area contributed by atoms with Crippen molar-refractivity contribution < 1.29 is 9.53 Å². The number of hydrogen-bond acceptors (Lipinski definition) is 3. The zero-order valence-corrected chi connectivity index (χ0v) is 15.6. The highest BCUT2D eigenvalue weighted by Gasteiger charge is 2.15. The lowest BCUT2D eigenvalue weighted by Gasteiger charge is -2.07. The fraction of sp³-hybridized carbons (Fsp3) is 0.0833. The molecule has 0 unspecified atom stereocenters. The van der Waals surface area contributed by atoms with Gasteiger partial charge in [0.1, 0.15) is 5.75 Å². The van der Waals surface area contributed by atoms with E-state index >= 15 is 0 Å². The molecule has 19 heavy (non-hydrogen) atoms. The molecular weight excluding hydrogens is 483 g/mol. The van der Waals surface area contributed by atoms with E-state index in [1.807, 2.05) is 6.07 Å². The minimum absolute atomic E-state index is 0.0525. The van der Waals surface area contributed by atoms with E-state index in [9.17, 15) is 4.79 Å². The molecule has 0 spiro atoms. The molecule has 0 N–H and O–H groups in total. The fourth-order valence-electron chi connectivity index (χ4n) is 1.34. The number of hydrogen-bond donors (Lipinski definition) is 0. The summed E-state index contributed by atoms with van der Waals surface area (Å²) in [4.78, 5) is 12.0. The molecule has 0 saturated heterocycles. The van der Waals surface area contributed by atoms with Gasteiger partial charge in [-0.3, -0.25) is 4.79 Å². The van der Waals surface area contributed by atoms with Crippen LogP contribution >= 0.6 is 70.7 Å². The average Bonchev–Trinajstić information content (AvgIpc) is 2.67. The molecule has 1 aromatic carbocycles. The quantitative estimate of drug-likeness (QED) is 0.497. The third kappa shape index (κ3) is 4.04. The van der Waals surface area contributed by atoms with E-state index in [0.29, 0.717) is 16.3 Å². The normalized spacial score (nSPS) is 10.5. The van der Waals surface area contributed by atoms with E-state index in [4.69, 9.17) is 16.3 Å². The fourth-order valence-corrected chi connectivity index (χ4v) is 4.93. The van der Waals surface area contributed by atoms with Crippen LogP contribution in [-0.4, -0.2) is 12.4 Å². The second kappa shape index (κ2) is 6.72. The molecule has 0 amide bonds. The number of carbonyl (C=O) groups excluding carboxylic acids is 1. The Balaban J connectivity index is 2.06. The van der Waals surface area contributed by atoms with Gasteiger partial charge in [-0.05, 0) is 56.1 Å². The van der Waals surface area contributed by atoms with Crippen molar-refractivity contribution in [3.63, 3.8) is 0 Å². The Bertz CT molecular complexity index is 627. The van der Waals surface area contributed by atoms with Crippen LogP contribution in [0.15, 0.2) is 36.3 Å². The van der Waals surface area contributed by atoms with E-state index < -0.39 is 0 Å². The van der Waals surface area contributed by atoms with Gasteiger partial charge < -0.3 is 4.74 Å². The first-order valence-electron chi connectivity index (χ1n) is 5.03. The highest BCUT2D eigenvalue weighted by atomic mass is 79.9. The van der Waals surface area contributed by atoms with Crippen molar-refractivity contribution in [1.29, 1.82) is 0 Å². The highest BCUT2D eigenvalue weighted by molar-refractivity contribution is 9.12. The smallest absolute Gasteiger partial charge is 0.202 e. The minimum atomic E-state index is -0.104. The number of Topliss-reactive ketones (excluding diaryl/α,β-unsaturated/α-hetero) is 1. The largest absolute Gasteiger partial charge is 0.484 e. The number of ketones is 1. The maximum Gasteiger partial charge on any atom is 0.202 e. The summed E-state index contributed by atoms with van der Waals surface area (Å²) in [6.45, 7) is -0.0525. The number of halogens is 4. The van der Waals surface area contributed by atoms with E-state index in [1.54, 1.807) is 18.2 Å². The van der Waals surface area contributed by atoms with Crippen LogP contribution in [0.2, 0.25) is 5.02 Å². The second-order valence-electron chi connectivity index (χ2n) is 3.52. The summed E-state index contributed by atoms with van der Waals surface area (Å²) < 4.78 is 7.98. The summed E-state index contributed by atoms with van der Waals surface area (Å²) in [6, 6.07) is 7.02. The molecule has 0 aliphatic heterocycles. The molecule has 0 atom stereocenters. The lowest BCUT2D eigenvalue weighted by molar-refractivity contribution is 0.0921. The van der Waals surface area contributed by atoms with Gasteiger partial charge in [0.25, 0.3) is 0 Å². The van der Waals surface area contributed by atoms with E-state index in [1.165, 1.54) is 11.3 Å². The molecule has 2 rings (SSSR count). The SMILES string of the molecule is O=C(COc1ccc(Br)cc1Cl)c1cc(Br)sc1Br. The van der Waals surface area contributed by atoms with Crippen molar-refractivity contribution in [2.24, 2.45) is 0 Å². The number of rotatable bonds is 4. The predicted octanol–water partition coefficient (Wildman–Crippen LogP) is 5.95. The Hall–Kier alpha value is 0.120. The first-order valence-corrected chi connectivity index (χ1v) is 8.60. The summed E-state index contributed by atoms with van der Waals surface area (Å²) in [6.07, 6.45) is 0. The maximum atomic E-state index is 12.0. The molecule has 0 bridgehead atoms. The Morgan fingerprint density at radius 1 is 1.26 bits per heavy atom. The predicted molar refractivity (Wildman–Crippen MR) is 88.7 cm³/mol. The molecule has 2 aromatic rings. The summed E-state index contributed by atoms with van der Waals surface area (Å²) >= 11 is 17.5. The Labute approximate surface area is 144 Å². The lowest BCUT2D eigenvalue weighted by atomic mass is 10.2. The molecule has 0 radical (unpaired) electrons. The second-order valence-corrected chi connectivity index (χ2v) is 8.60. The third-order valence-corrected chi connectivity index (χ3v) is 5.34. The van der Waals surface area contributed by atoms with Crippen LogP contribution in [0.5, 0.6) is 5.75 Å². The van der Waals surface area contributed by atoms with Crippen molar-refractivity contribution in [2.75, 3.05) is 6.61 Å². The Morgan fingerprint density at radius 2 is 2.00 bits per heavy atom. The van der Waals surface area contributed by atoms with Crippen molar-refractivity contribution >= 4 is 76.5 Å². The standard InChI is InChI=1S/C12H6Br3ClO2S/c13-6-1-2-10(8(16)3-6)18-5-9(17)7-4-11(14)19-12(7)15/h1-4H,5H2. The van der Waals surface area contributed by atoms with Gasteiger partial charge >= 0.3 is 0 Å². The van der Waals surface area contributed by atoms with E-state index in [0.717, 1.165) is 12.0 Å². The molecule has 0 aliphatic rings. The summed E-state index contributed by atoms with van der Waals surface area (Å²) in [7, 11) is 0. The highest BCUT2D eigenvalue weighted by Crippen LogP contribution is 2.32. The number of benzene rings is 1. The van der Waals surface area contributed by atoms with Crippen LogP contribution in [0.4, 0.5) is 0 Å². The zero-order valence-electron chi connectivity index (χ0n) is 9.25. The summed E-state index contributed by atoms with van der Waals surface area (Å²) in [5.41, 5.74) is 0.602. The molecule has 7 heteroatoms. The van der Waals surface area contributed by atoms with Gasteiger partial charge in [0, 0.05) is 10.0 Å². The molecular formula is C12H6Br3ClO2S. The van der Waals surface area contributed by atoms with Crippen molar-refractivity contribution in [2.45, 2.75) is 0 Å². The van der Waals surface area contributed by atoms with Gasteiger partial charge in [0.2, 0.25) is 5.78 Å². The monoisotopic (exact) mass is 486 g/mol. The van der Waals surface area contributed by atoms with Crippen molar-refractivity contribution in [3.8, 4) is 5.75 Å². The minimum Gasteiger partial charge on any atom is -0.484 e. The molecule has 1 heterocycles. The van der Waals surface area contributed by atoms with Gasteiger partial charge in [-0.15, -0.1) is 11.3 Å². The molecule has 2 nitrogen and oxygen atoms in total. The first kappa shape index (κ1) is 15.5. The van der Waals surface area contributed by atoms with Gasteiger partial charge in [-0.2, -0.15) is 0 Å². The number of ether oxygens (including phenoxy) is 1. The van der Waals surface area contributed by atoms with Crippen LogP contribution in [0.1, 0.15) is 10.4 Å². The third-order valence-electron chi connectivity index (χ3n) is 2.21. The zero-order chi connectivity index (χ0) is 14.0. The van der Waals surface area contributed by atoms with Crippen LogP contribution in [-0.2, 0) is 0 Å².